The largest absolute Gasteiger partial charge is 0.355 e. The average molecular weight is 258 g/mol. The Kier molecular flexibility index (Phi) is 14.4. The molecule has 0 rings (SSSR count). The van der Waals surface area contributed by atoms with Gasteiger partial charge >= 0.3 is 0 Å². The minimum Gasteiger partial charge on any atom is -0.355 e. The molecule has 0 aliphatic heterocycles. The Labute approximate surface area is 110 Å². The lowest BCUT2D eigenvalue weighted by Gasteiger charge is -2.14. The molecule has 0 bridgehead atoms. The van der Waals surface area contributed by atoms with E-state index in [1.54, 1.807) is 0 Å². The molecule has 3 amide bonds. The van der Waals surface area contributed by atoms with Gasteiger partial charge < -0.3 is 5.32 Å². The van der Waals surface area contributed by atoms with Gasteiger partial charge in [-0.3, -0.25) is 19.3 Å². The minimum atomic E-state index is -0.303. The fourth-order valence-corrected chi connectivity index (χ4v) is 1.16. The van der Waals surface area contributed by atoms with Crippen LogP contribution in [0.25, 0.3) is 0 Å². The SMILES string of the molecule is CC.CCCCNC(=O)CN(C=O)C(=O)CCC. The number of rotatable bonds is 8. The van der Waals surface area contributed by atoms with Crippen LogP contribution in [0.1, 0.15) is 53.4 Å². The zero-order chi connectivity index (χ0) is 14.4. The number of carbonyl (C=O) groups is 3. The van der Waals surface area contributed by atoms with Gasteiger partial charge in [0.1, 0.15) is 6.54 Å². The summed E-state index contributed by atoms with van der Waals surface area (Å²) in [6.45, 7) is 8.28. The summed E-state index contributed by atoms with van der Waals surface area (Å²) < 4.78 is 0. The first-order chi connectivity index (χ1) is 8.65. The molecule has 0 saturated carbocycles. The molecule has 1 N–H and O–H groups in total. The molecule has 0 aromatic heterocycles. The number of unbranched alkanes of at least 4 members (excludes halogenated alkanes) is 1. The molecule has 0 aromatic carbocycles. The highest BCUT2D eigenvalue weighted by Crippen LogP contribution is 1.94. The monoisotopic (exact) mass is 258 g/mol. The maximum absolute atomic E-state index is 11.4. The molecule has 0 radical (unpaired) electrons. The highest BCUT2D eigenvalue weighted by molar-refractivity contribution is 5.91. The first-order valence-electron chi connectivity index (χ1n) is 6.67. The summed E-state index contributed by atoms with van der Waals surface area (Å²) >= 11 is 0. The van der Waals surface area contributed by atoms with Crippen LogP contribution < -0.4 is 5.32 Å². The quantitative estimate of drug-likeness (QED) is 0.532. The predicted molar refractivity (Wildman–Crippen MR) is 72.0 cm³/mol. The normalized spacial score (nSPS) is 8.89. The molecule has 5 nitrogen and oxygen atoms in total. The average Bonchev–Trinajstić information content (AvgIpc) is 2.39. The molecule has 0 saturated heterocycles. The van der Waals surface area contributed by atoms with Crippen molar-refractivity contribution in [2.75, 3.05) is 13.1 Å². The van der Waals surface area contributed by atoms with Crippen molar-refractivity contribution in [1.82, 2.24) is 10.2 Å². The van der Waals surface area contributed by atoms with Gasteiger partial charge in [0.05, 0.1) is 0 Å². The second-order valence-corrected chi connectivity index (χ2v) is 3.58. The maximum atomic E-state index is 11.4. The van der Waals surface area contributed by atoms with Gasteiger partial charge in [0.25, 0.3) is 0 Å². The van der Waals surface area contributed by atoms with Gasteiger partial charge in [0, 0.05) is 13.0 Å². The lowest BCUT2D eigenvalue weighted by Crippen LogP contribution is -2.40. The zero-order valence-electron chi connectivity index (χ0n) is 12.0. The molecule has 0 fully saturated rings. The number of nitrogens with one attached hydrogen (secondary N) is 1. The number of hydrogen-bond acceptors (Lipinski definition) is 3. The smallest absolute Gasteiger partial charge is 0.240 e. The zero-order valence-corrected chi connectivity index (χ0v) is 12.0. The Hall–Kier alpha value is -1.39. The van der Waals surface area contributed by atoms with Gasteiger partial charge in [-0.05, 0) is 12.8 Å². The van der Waals surface area contributed by atoms with Crippen LogP contribution in [0.3, 0.4) is 0 Å². The molecule has 0 unspecified atom stereocenters. The van der Waals surface area contributed by atoms with Gasteiger partial charge in [0.2, 0.25) is 18.2 Å². The summed E-state index contributed by atoms with van der Waals surface area (Å²) in [4.78, 5) is 34.2. The summed E-state index contributed by atoms with van der Waals surface area (Å²) in [6.07, 6.45) is 3.27. The van der Waals surface area contributed by atoms with E-state index in [4.69, 9.17) is 0 Å². The Bertz CT molecular complexity index is 242. The fraction of sp³-hybridized carbons (Fsp3) is 0.769. The highest BCUT2D eigenvalue weighted by atomic mass is 16.2. The van der Waals surface area contributed by atoms with Crippen molar-refractivity contribution >= 4 is 18.2 Å². The molecule has 106 valence electrons. The van der Waals surface area contributed by atoms with Gasteiger partial charge in [-0.25, -0.2) is 0 Å². The van der Waals surface area contributed by atoms with Crippen LogP contribution in [0.2, 0.25) is 0 Å². The summed E-state index contributed by atoms with van der Waals surface area (Å²) in [6, 6.07) is 0. The van der Waals surface area contributed by atoms with Crippen LogP contribution in [-0.2, 0) is 14.4 Å². The molecule has 0 aliphatic carbocycles. The standard InChI is InChI=1S/C11H20N2O3.C2H6/c1-3-5-7-12-10(15)8-13(9-14)11(16)6-4-2;1-2/h9H,3-8H2,1-2H3,(H,12,15);1-2H3. The van der Waals surface area contributed by atoms with Crippen molar-refractivity contribution in [1.29, 1.82) is 0 Å². The first-order valence-corrected chi connectivity index (χ1v) is 6.67. The predicted octanol–water partition coefficient (Wildman–Crippen LogP) is 1.71. The number of hydrogen-bond donors (Lipinski definition) is 1. The minimum absolute atomic E-state index is 0.175. The fourth-order valence-electron chi connectivity index (χ4n) is 1.16. The molecule has 0 aliphatic rings. The van der Waals surface area contributed by atoms with Crippen molar-refractivity contribution in [2.45, 2.75) is 53.4 Å². The molecule has 0 heterocycles. The second kappa shape index (κ2) is 13.7. The van der Waals surface area contributed by atoms with Crippen molar-refractivity contribution in [2.24, 2.45) is 0 Å². The van der Waals surface area contributed by atoms with Crippen molar-refractivity contribution < 1.29 is 14.4 Å². The molecular formula is C13H26N2O3. The van der Waals surface area contributed by atoms with E-state index in [0.717, 1.165) is 17.7 Å². The third-order valence-electron chi connectivity index (χ3n) is 2.08. The number of carbonyl (C=O) groups excluding carboxylic acids is 3. The van der Waals surface area contributed by atoms with E-state index >= 15 is 0 Å². The Morgan fingerprint density at radius 3 is 2.22 bits per heavy atom. The summed E-state index contributed by atoms with van der Waals surface area (Å²) in [7, 11) is 0. The molecule has 18 heavy (non-hydrogen) atoms. The summed E-state index contributed by atoms with van der Waals surface area (Å²) in [5.41, 5.74) is 0. The Morgan fingerprint density at radius 2 is 1.78 bits per heavy atom. The topological polar surface area (TPSA) is 66.5 Å². The molecule has 5 heteroatoms. The van der Waals surface area contributed by atoms with Crippen LogP contribution in [0, 0.1) is 0 Å². The maximum Gasteiger partial charge on any atom is 0.240 e. The van der Waals surface area contributed by atoms with Crippen LogP contribution in [-0.4, -0.2) is 36.2 Å². The van der Waals surface area contributed by atoms with E-state index in [-0.39, 0.29) is 18.4 Å². The Morgan fingerprint density at radius 1 is 1.17 bits per heavy atom. The van der Waals surface area contributed by atoms with E-state index in [0.29, 0.717) is 25.8 Å². The van der Waals surface area contributed by atoms with Gasteiger partial charge in [-0.1, -0.05) is 34.1 Å². The van der Waals surface area contributed by atoms with E-state index < -0.39 is 0 Å². The molecule has 0 aromatic rings. The Balaban J connectivity index is 0. The van der Waals surface area contributed by atoms with Crippen molar-refractivity contribution in [3.05, 3.63) is 0 Å². The third kappa shape index (κ3) is 9.81. The van der Waals surface area contributed by atoms with E-state index in [1.807, 2.05) is 27.7 Å². The van der Waals surface area contributed by atoms with E-state index in [1.165, 1.54) is 0 Å². The van der Waals surface area contributed by atoms with Crippen molar-refractivity contribution in [3.63, 3.8) is 0 Å². The lowest BCUT2D eigenvalue weighted by molar-refractivity contribution is -0.142. The van der Waals surface area contributed by atoms with Gasteiger partial charge in [-0.2, -0.15) is 0 Å². The molecular weight excluding hydrogens is 232 g/mol. The van der Waals surface area contributed by atoms with Crippen LogP contribution >= 0.6 is 0 Å². The number of amides is 3. The number of nitrogens with zero attached hydrogens (tertiary/aromatic N) is 1. The summed E-state index contributed by atoms with van der Waals surface area (Å²) in [5, 5.41) is 2.65. The van der Waals surface area contributed by atoms with Gasteiger partial charge in [-0.15, -0.1) is 0 Å². The highest BCUT2D eigenvalue weighted by Gasteiger charge is 2.14. The van der Waals surface area contributed by atoms with Crippen LogP contribution in [0.4, 0.5) is 0 Å². The first kappa shape index (κ1) is 19.0. The number of imide groups is 1. The van der Waals surface area contributed by atoms with E-state index in [9.17, 15) is 14.4 Å². The molecule has 0 spiro atoms. The molecule has 0 atom stereocenters. The summed E-state index contributed by atoms with van der Waals surface area (Å²) in [5.74, 6) is -0.590. The third-order valence-corrected chi connectivity index (χ3v) is 2.08. The van der Waals surface area contributed by atoms with Gasteiger partial charge in [0.15, 0.2) is 0 Å². The lowest BCUT2D eigenvalue weighted by atomic mass is 10.3. The van der Waals surface area contributed by atoms with E-state index in [2.05, 4.69) is 5.32 Å². The van der Waals surface area contributed by atoms with Crippen LogP contribution in [0.15, 0.2) is 0 Å². The van der Waals surface area contributed by atoms with Crippen molar-refractivity contribution in [3.8, 4) is 0 Å². The van der Waals surface area contributed by atoms with Crippen LogP contribution in [0.5, 0.6) is 0 Å². The second-order valence-electron chi connectivity index (χ2n) is 3.58.